The molecule has 1 heterocycles. The molecule has 11 aromatic rings. The molecule has 62 heavy (non-hydrogen) atoms. The molecule has 2 nitrogen and oxygen atoms in total. The molecule has 0 saturated carbocycles. The molecule has 0 saturated heterocycles. The maximum absolute atomic E-state index is 6.18. The molecule has 0 amide bonds. The Morgan fingerprint density at radius 2 is 0.661 bits per heavy atom. The van der Waals surface area contributed by atoms with Gasteiger partial charge in [0.1, 0.15) is 11.3 Å². The molecule has 0 bridgehead atoms. The molecule has 292 valence electrons. The van der Waals surface area contributed by atoms with Crippen molar-refractivity contribution in [3.8, 4) is 67.0 Å². The minimum Gasteiger partial charge on any atom is -0.456 e. The van der Waals surface area contributed by atoms with Gasteiger partial charge in [0.15, 0.2) is 0 Å². The number of benzene rings is 10. The van der Waals surface area contributed by atoms with Crippen molar-refractivity contribution >= 4 is 38.8 Å². The van der Waals surface area contributed by atoms with Crippen molar-refractivity contribution in [1.82, 2.24) is 0 Å². The zero-order chi connectivity index (χ0) is 41.2. The molecule has 0 spiro atoms. The van der Waals surface area contributed by atoms with Crippen LogP contribution in [0.25, 0.3) is 88.7 Å². The predicted octanol–water partition coefficient (Wildman–Crippen LogP) is 17.1. The highest BCUT2D eigenvalue weighted by atomic mass is 16.3. The molecule has 2 heteroatoms. The van der Waals surface area contributed by atoms with E-state index in [1.54, 1.807) is 0 Å². The number of rotatable bonds is 9. The second-order valence-electron chi connectivity index (χ2n) is 15.8. The minimum absolute atomic E-state index is 0.879. The van der Waals surface area contributed by atoms with E-state index < -0.39 is 0 Å². The van der Waals surface area contributed by atoms with Crippen LogP contribution in [0.2, 0.25) is 0 Å². The van der Waals surface area contributed by atoms with Crippen molar-refractivity contribution in [2.24, 2.45) is 0 Å². The molecular weight excluding hydrogens is 751 g/mol. The standard InChI is InChI=1S/C60H41NO/c1-2-11-42(12-3-1)49-16-8-17-50(39-49)46-29-35-55(36-30-46)61(56-37-31-48(32-38-56)58-21-10-15-47-13-4-6-20-57(47)58)54-33-27-44(28-34-54)43-23-25-45(26-24-43)51-18-9-19-52(40-51)60-41-53-14-5-7-22-59(53)62-60/h1-41H. The highest BCUT2D eigenvalue weighted by molar-refractivity contribution is 5.97. The molecule has 0 aliphatic rings. The summed E-state index contributed by atoms with van der Waals surface area (Å²) in [5.74, 6) is 0.879. The summed E-state index contributed by atoms with van der Waals surface area (Å²) in [6.45, 7) is 0. The van der Waals surface area contributed by atoms with Crippen molar-refractivity contribution in [1.29, 1.82) is 0 Å². The molecule has 1 aromatic heterocycles. The third-order valence-electron chi connectivity index (χ3n) is 11.9. The van der Waals surface area contributed by atoms with Crippen molar-refractivity contribution in [2.45, 2.75) is 0 Å². The zero-order valence-electron chi connectivity index (χ0n) is 34.0. The van der Waals surface area contributed by atoms with Crippen LogP contribution < -0.4 is 4.90 Å². The average molecular weight is 792 g/mol. The lowest BCUT2D eigenvalue weighted by Crippen LogP contribution is -2.09. The van der Waals surface area contributed by atoms with Gasteiger partial charge in [0.05, 0.1) is 0 Å². The van der Waals surface area contributed by atoms with E-state index in [4.69, 9.17) is 4.42 Å². The van der Waals surface area contributed by atoms with Crippen LogP contribution in [-0.2, 0) is 0 Å². The Kier molecular flexibility index (Phi) is 9.57. The van der Waals surface area contributed by atoms with Gasteiger partial charge in [0.25, 0.3) is 0 Å². The fourth-order valence-corrected chi connectivity index (χ4v) is 8.66. The van der Waals surface area contributed by atoms with Crippen LogP contribution in [0, 0.1) is 0 Å². The predicted molar refractivity (Wildman–Crippen MR) is 261 cm³/mol. The van der Waals surface area contributed by atoms with Gasteiger partial charge in [-0.3, -0.25) is 0 Å². The molecule has 0 unspecified atom stereocenters. The number of furan rings is 1. The number of anilines is 3. The first-order chi connectivity index (χ1) is 30.7. The number of para-hydroxylation sites is 1. The fraction of sp³-hybridized carbons (Fsp3) is 0. The van der Waals surface area contributed by atoms with Gasteiger partial charge >= 0.3 is 0 Å². The second-order valence-corrected chi connectivity index (χ2v) is 15.8. The summed E-state index contributed by atoms with van der Waals surface area (Å²) in [5, 5.41) is 3.61. The maximum Gasteiger partial charge on any atom is 0.135 e. The SMILES string of the molecule is c1ccc(-c2cccc(-c3ccc(N(c4ccc(-c5ccc(-c6cccc(-c7cc8ccccc8o7)c6)cc5)cc4)c4ccc(-c5cccc6ccccc56)cc4)cc3)c2)cc1. The first kappa shape index (κ1) is 36.8. The first-order valence-corrected chi connectivity index (χ1v) is 21.1. The van der Waals surface area contributed by atoms with Crippen LogP contribution in [0.4, 0.5) is 17.1 Å². The molecule has 0 N–H and O–H groups in total. The molecular formula is C60H41NO. The third-order valence-corrected chi connectivity index (χ3v) is 11.9. The number of nitrogens with zero attached hydrogens (tertiary/aromatic N) is 1. The monoisotopic (exact) mass is 791 g/mol. The highest BCUT2D eigenvalue weighted by Gasteiger charge is 2.15. The quantitative estimate of drug-likeness (QED) is 0.145. The van der Waals surface area contributed by atoms with Gasteiger partial charge in [-0.1, -0.05) is 188 Å². The summed E-state index contributed by atoms with van der Waals surface area (Å²) in [5.41, 5.74) is 17.1. The van der Waals surface area contributed by atoms with Crippen molar-refractivity contribution < 1.29 is 4.42 Å². The van der Waals surface area contributed by atoms with E-state index in [9.17, 15) is 0 Å². The van der Waals surface area contributed by atoms with Crippen molar-refractivity contribution in [3.63, 3.8) is 0 Å². The van der Waals surface area contributed by atoms with Crippen LogP contribution in [0.3, 0.4) is 0 Å². The van der Waals surface area contributed by atoms with Crippen LogP contribution in [-0.4, -0.2) is 0 Å². The van der Waals surface area contributed by atoms with Crippen LogP contribution in [0.15, 0.2) is 253 Å². The number of fused-ring (bicyclic) bond motifs is 2. The Labute approximate surface area is 362 Å². The average Bonchev–Trinajstić information content (AvgIpc) is 3.80. The smallest absolute Gasteiger partial charge is 0.135 e. The number of hydrogen-bond acceptors (Lipinski definition) is 2. The lowest BCUT2D eigenvalue weighted by Gasteiger charge is -2.26. The van der Waals surface area contributed by atoms with Gasteiger partial charge in [-0.05, 0) is 127 Å². The van der Waals surface area contributed by atoms with Crippen LogP contribution in [0.1, 0.15) is 0 Å². The molecule has 0 atom stereocenters. The lowest BCUT2D eigenvalue weighted by atomic mass is 9.97. The molecule has 0 fully saturated rings. The molecule has 0 aliphatic heterocycles. The summed E-state index contributed by atoms with van der Waals surface area (Å²) in [6, 6.07) is 89.0. The van der Waals surface area contributed by atoms with E-state index in [1.165, 1.54) is 49.7 Å². The Balaban J connectivity index is 0.902. The molecule has 0 aliphatic carbocycles. The first-order valence-electron chi connectivity index (χ1n) is 21.1. The molecule has 11 rings (SSSR count). The van der Waals surface area contributed by atoms with E-state index in [2.05, 4.69) is 235 Å². The Morgan fingerprint density at radius 3 is 1.26 bits per heavy atom. The van der Waals surface area contributed by atoms with Gasteiger partial charge in [-0.2, -0.15) is 0 Å². The fourth-order valence-electron chi connectivity index (χ4n) is 8.66. The van der Waals surface area contributed by atoms with E-state index in [0.29, 0.717) is 0 Å². The van der Waals surface area contributed by atoms with Gasteiger partial charge in [-0.25, -0.2) is 0 Å². The van der Waals surface area contributed by atoms with Gasteiger partial charge in [0, 0.05) is 28.0 Å². The zero-order valence-corrected chi connectivity index (χ0v) is 34.0. The Bertz CT molecular complexity index is 3270. The van der Waals surface area contributed by atoms with Gasteiger partial charge in [0.2, 0.25) is 0 Å². The lowest BCUT2D eigenvalue weighted by molar-refractivity contribution is 0.631. The van der Waals surface area contributed by atoms with Gasteiger partial charge in [-0.15, -0.1) is 0 Å². The van der Waals surface area contributed by atoms with E-state index in [-0.39, 0.29) is 0 Å². The second kappa shape index (κ2) is 16.1. The molecule has 10 aromatic carbocycles. The Morgan fingerprint density at radius 1 is 0.258 bits per heavy atom. The maximum atomic E-state index is 6.18. The van der Waals surface area contributed by atoms with Crippen LogP contribution >= 0.6 is 0 Å². The van der Waals surface area contributed by atoms with E-state index >= 15 is 0 Å². The number of hydrogen-bond donors (Lipinski definition) is 0. The molecule has 0 radical (unpaired) electrons. The summed E-state index contributed by atoms with van der Waals surface area (Å²) >= 11 is 0. The van der Waals surface area contributed by atoms with Crippen molar-refractivity contribution in [2.75, 3.05) is 4.90 Å². The normalized spacial score (nSPS) is 11.2. The van der Waals surface area contributed by atoms with Crippen LogP contribution in [0.5, 0.6) is 0 Å². The summed E-state index contributed by atoms with van der Waals surface area (Å²) in [7, 11) is 0. The topological polar surface area (TPSA) is 16.4 Å². The third kappa shape index (κ3) is 7.25. The highest BCUT2D eigenvalue weighted by Crippen LogP contribution is 2.39. The van der Waals surface area contributed by atoms with E-state index in [1.807, 2.05) is 18.2 Å². The Hall–Kier alpha value is -8.20. The minimum atomic E-state index is 0.879. The van der Waals surface area contributed by atoms with Gasteiger partial charge < -0.3 is 9.32 Å². The summed E-state index contributed by atoms with van der Waals surface area (Å²) in [4.78, 5) is 2.35. The largest absolute Gasteiger partial charge is 0.456 e. The van der Waals surface area contributed by atoms with Crippen molar-refractivity contribution in [3.05, 3.63) is 249 Å². The summed E-state index contributed by atoms with van der Waals surface area (Å²) in [6.07, 6.45) is 0. The van der Waals surface area contributed by atoms with E-state index in [0.717, 1.165) is 56.0 Å². The summed E-state index contributed by atoms with van der Waals surface area (Å²) < 4.78 is 6.18.